The fourth-order valence-corrected chi connectivity index (χ4v) is 4.47. The lowest BCUT2D eigenvalue weighted by Gasteiger charge is -2.22. The minimum Gasteiger partial charge on any atom is -0.497 e. The van der Waals surface area contributed by atoms with Gasteiger partial charge in [-0.15, -0.1) is 0 Å². The second-order valence-corrected chi connectivity index (χ2v) is 8.45. The van der Waals surface area contributed by atoms with Crippen molar-refractivity contribution in [3.8, 4) is 11.5 Å². The van der Waals surface area contributed by atoms with Gasteiger partial charge in [-0.25, -0.2) is 0 Å². The number of thiazole rings is 1. The van der Waals surface area contributed by atoms with E-state index in [0.29, 0.717) is 4.53 Å². The van der Waals surface area contributed by atoms with Crippen LogP contribution < -0.4 is 25.1 Å². The third-order valence-electron chi connectivity index (χ3n) is 5.29. The molecule has 3 heterocycles. The second kappa shape index (κ2) is 8.05. The van der Waals surface area contributed by atoms with Crippen LogP contribution in [0.4, 0.5) is 0 Å². The number of nitrogens with zero attached hydrogens (tertiary/aromatic N) is 3. The van der Waals surface area contributed by atoms with Crippen LogP contribution in [0, 0.1) is 0 Å². The molecule has 1 atom stereocenters. The predicted octanol–water partition coefficient (Wildman–Crippen LogP) is 2.47. The SMILES string of the molecule is COc1ccc(Cc2nn3c(=O)c(=CC4=Cc5ccccc5OC4C)sc3nc2=O)cc1. The van der Waals surface area contributed by atoms with E-state index in [1.165, 1.54) is 4.52 Å². The summed E-state index contributed by atoms with van der Waals surface area (Å²) in [7, 11) is 1.59. The maximum absolute atomic E-state index is 13.0. The topological polar surface area (TPSA) is 82.8 Å². The normalized spacial score (nSPS) is 15.9. The van der Waals surface area contributed by atoms with Crippen molar-refractivity contribution in [2.24, 2.45) is 0 Å². The van der Waals surface area contributed by atoms with Crippen molar-refractivity contribution < 1.29 is 9.47 Å². The van der Waals surface area contributed by atoms with Crippen LogP contribution in [0.25, 0.3) is 17.1 Å². The summed E-state index contributed by atoms with van der Waals surface area (Å²) in [6, 6.07) is 15.1. The summed E-state index contributed by atoms with van der Waals surface area (Å²) in [5.74, 6) is 1.54. The summed E-state index contributed by atoms with van der Waals surface area (Å²) in [6.07, 6.45) is 3.87. The van der Waals surface area contributed by atoms with Gasteiger partial charge in [0.2, 0.25) is 4.96 Å². The van der Waals surface area contributed by atoms with Gasteiger partial charge in [-0.1, -0.05) is 41.7 Å². The van der Waals surface area contributed by atoms with Crippen LogP contribution in [0.3, 0.4) is 0 Å². The molecule has 0 N–H and O–H groups in total. The van der Waals surface area contributed by atoms with Gasteiger partial charge in [0.1, 0.15) is 23.3 Å². The first-order valence-corrected chi connectivity index (χ1v) is 10.9. The Morgan fingerprint density at radius 1 is 1.16 bits per heavy atom. The molecule has 160 valence electrons. The van der Waals surface area contributed by atoms with E-state index in [2.05, 4.69) is 10.1 Å². The molecule has 0 amide bonds. The Hall–Kier alpha value is -3.78. The molecule has 7 nitrogen and oxygen atoms in total. The largest absolute Gasteiger partial charge is 0.497 e. The van der Waals surface area contributed by atoms with Gasteiger partial charge in [-0.2, -0.15) is 14.6 Å². The van der Waals surface area contributed by atoms with Gasteiger partial charge in [0.25, 0.3) is 11.1 Å². The highest BCUT2D eigenvalue weighted by atomic mass is 32.1. The van der Waals surface area contributed by atoms with Crippen molar-refractivity contribution in [3.63, 3.8) is 0 Å². The van der Waals surface area contributed by atoms with Gasteiger partial charge in [-0.3, -0.25) is 9.59 Å². The zero-order valence-electron chi connectivity index (χ0n) is 17.4. The Morgan fingerprint density at radius 2 is 1.94 bits per heavy atom. The van der Waals surface area contributed by atoms with E-state index in [-0.39, 0.29) is 28.7 Å². The van der Waals surface area contributed by atoms with E-state index in [9.17, 15) is 9.59 Å². The molecule has 5 rings (SSSR count). The van der Waals surface area contributed by atoms with Crippen LogP contribution in [0.2, 0.25) is 0 Å². The standard InChI is InChI=1S/C24H19N3O4S/c1-14-17(12-16-5-3-4-6-20(16)31-14)13-21-23(29)27-24(32-21)25-22(28)19(26-27)11-15-7-9-18(30-2)10-8-15/h3-10,12-14H,11H2,1-2H3. The molecule has 4 aromatic rings. The van der Waals surface area contributed by atoms with Gasteiger partial charge >= 0.3 is 0 Å². The zero-order valence-corrected chi connectivity index (χ0v) is 18.3. The molecule has 2 aromatic heterocycles. The monoisotopic (exact) mass is 445 g/mol. The number of hydrogen-bond acceptors (Lipinski definition) is 7. The lowest BCUT2D eigenvalue weighted by Crippen LogP contribution is -2.29. The number of aromatic nitrogens is 3. The highest BCUT2D eigenvalue weighted by Crippen LogP contribution is 2.29. The van der Waals surface area contributed by atoms with Gasteiger partial charge in [0.05, 0.1) is 11.6 Å². The fraction of sp³-hybridized carbons (Fsp3) is 0.167. The van der Waals surface area contributed by atoms with E-state index in [1.807, 2.05) is 61.5 Å². The number of benzene rings is 2. The van der Waals surface area contributed by atoms with E-state index < -0.39 is 5.56 Å². The van der Waals surface area contributed by atoms with Crippen molar-refractivity contribution >= 4 is 28.4 Å². The van der Waals surface area contributed by atoms with E-state index >= 15 is 0 Å². The third kappa shape index (κ3) is 3.69. The average Bonchev–Trinajstić information content (AvgIpc) is 3.09. The van der Waals surface area contributed by atoms with Crippen LogP contribution in [0.15, 0.2) is 63.7 Å². The molecule has 1 aliphatic heterocycles. The maximum atomic E-state index is 13.0. The Kier molecular flexibility index (Phi) is 5.07. The molecule has 1 unspecified atom stereocenters. The zero-order chi connectivity index (χ0) is 22.2. The number of methoxy groups -OCH3 is 1. The van der Waals surface area contributed by atoms with E-state index in [0.717, 1.165) is 39.5 Å². The second-order valence-electron chi connectivity index (χ2n) is 7.44. The van der Waals surface area contributed by atoms with Crippen molar-refractivity contribution in [1.82, 2.24) is 14.6 Å². The van der Waals surface area contributed by atoms with Crippen LogP contribution >= 0.6 is 11.3 Å². The molecule has 0 saturated heterocycles. The number of hydrogen-bond donors (Lipinski definition) is 0. The van der Waals surface area contributed by atoms with Gasteiger partial charge in [-0.05, 0) is 48.4 Å². The molecule has 0 aliphatic carbocycles. The summed E-state index contributed by atoms with van der Waals surface area (Å²) >= 11 is 1.14. The Labute approximate surface area is 186 Å². The van der Waals surface area contributed by atoms with E-state index in [1.54, 1.807) is 13.2 Å². The summed E-state index contributed by atoms with van der Waals surface area (Å²) in [5.41, 5.74) is 2.18. The minimum atomic E-state index is -0.434. The number of fused-ring (bicyclic) bond motifs is 2. The Morgan fingerprint density at radius 3 is 2.72 bits per heavy atom. The number of rotatable bonds is 4. The molecular weight excluding hydrogens is 426 g/mol. The summed E-state index contributed by atoms with van der Waals surface area (Å²) in [4.78, 5) is 29.9. The fourth-order valence-electron chi connectivity index (χ4n) is 3.56. The first kappa shape index (κ1) is 20.1. The third-order valence-corrected chi connectivity index (χ3v) is 6.25. The molecule has 1 aliphatic rings. The maximum Gasteiger partial charge on any atom is 0.296 e. The van der Waals surface area contributed by atoms with Crippen molar-refractivity contribution in [2.75, 3.05) is 7.11 Å². The molecule has 0 bridgehead atoms. The van der Waals surface area contributed by atoms with E-state index in [4.69, 9.17) is 9.47 Å². The number of para-hydroxylation sites is 1. The molecule has 2 aromatic carbocycles. The smallest absolute Gasteiger partial charge is 0.296 e. The van der Waals surface area contributed by atoms with Crippen LogP contribution in [0.1, 0.15) is 23.7 Å². The Bertz CT molecular complexity index is 1520. The highest BCUT2D eigenvalue weighted by Gasteiger charge is 2.18. The minimum absolute atomic E-state index is 0.207. The lowest BCUT2D eigenvalue weighted by atomic mass is 10.0. The first-order chi connectivity index (χ1) is 15.5. The number of ether oxygens (including phenoxy) is 2. The van der Waals surface area contributed by atoms with Crippen molar-refractivity contribution in [2.45, 2.75) is 19.4 Å². The van der Waals surface area contributed by atoms with Crippen molar-refractivity contribution in [1.29, 1.82) is 0 Å². The first-order valence-electron chi connectivity index (χ1n) is 10.1. The molecule has 0 fully saturated rings. The Balaban J connectivity index is 1.55. The molecule has 32 heavy (non-hydrogen) atoms. The van der Waals surface area contributed by atoms with Crippen LogP contribution in [0.5, 0.6) is 11.5 Å². The van der Waals surface area contributed by atoms with Crippen LogP contribution in [-0.2, 0) is 6.42 Å². The molecule has 8 heteroatoms. The summed E-state index contributed by atoms with van der Waals surface area (Å²) in [5, 5.41) is 4.32. The highest BCUT2D eigenvalue weighted by molar-refractivity contribution is 7.15. The average molecular weight is 446 g/mol. The molecule has 0 radical (unpaired) electrons. The van der Waals surface area contributed by atoms with Gasteiger partial charge in [0, 0.05) is 12.0 Å². The molecule has 0 spiro atoms. The van der Waals surface area contributed by atoms with Crippen molar-refractivity contribution in [3.05, 3.63) is 96.2 Å². The lowest BCUT2D eigenvalue weighted by molar-refractivity contribution is 0.259. The molecule has 0 saturated carbocycles. The molecular formula is C24H19N3O4S. The quantitative estimate of drug-likeness (QED) is 0.480. The summed E-state index contributed by atoms with van der Waals surface area (Å²) < 4.78 is 12.8. The van der Waals surface area contributed by atoms with Crippen LogP contribution in [-0.4, -0.2) is 27.8 Å². The van der Waals surface area contributed by atoms with Gasteiger partial charge in [0.15, 0.2) is 0 Å². The summed E-state index contributed by atoms with van der Waals surface area (Å²) in [6.45, 7) is 1.93. The predicted molar refractivity (Wildman–Crippen MR) is 123 cm³/mol. The van der Waals surface area contributed by atoms with Gasteiger partial charge < -0.3 is 9.47 Å².